The minimum atomic E-state index is -0.985. The zero-order chi connectivity index (χ0) is 11.8. The molecule has 16 heavy (non-hydrogen) atoms. The standard InChI is InChI=1S/C11H12FNO3/c12-9-3-7(4-10(14)15)1-2-8(9)11(13)5-16-6-11/h1-3H,4-6,13H2,(H,14,15). The van der Waals surface area contributed by atoms with Gasteiger partial charge in [-0.15, -0.1) is 0 Å². The lowest BCUT2D eigenvalue weighted by molar-refractivity contribution is -0.136. The molecule has 0 atom stereocenters. The number of carboxylic acid groups (broad SMARTS) is 1. The van der Waals surface area contributed by atoms with E-state index >= 15 is 0 Å². The highest BCUT2D eigenvalue weighted by molar-refractivity contribution is 5.70. The SMILES string of the molecule is NC1(c2ccc(CC(=O)O)cc2F)COC1. The summed E-state index contributed by atoms with van der Waals surface area (Å²) in [4.78, 5) is 10.5. The fourth-order valence-corrected chi connectivity index (χ4v) is 1.72. The van der Waals surface area contributed by atoms with Gasteiger partial charge in [-0.2, -0.15) is 0 Å². The lowest BCUT2D eigenvalue weighted by atomic mass is 9.88. The van der Waals surface area contributed by atoms with Crippen LogP contribution in [0, 0.1) is 5.82 Å². The maximum atomic E-state index is 13.7. The number of ether oxygens (including phenoxy) is 1. The van der Waals surface area contributed by atoms with E-state index in [1.54, 1.807) is 6.07 Å². The maximum Gasteiger partial charge on any atom is 0.307 e. The maximum absolute atomic E-state index is 13.7. The molecule has 0 unspecified atom stereocenters. The predicted molar refractivity (Wildman–Crippen MR) is 54.4 cm³/mol. The number of rotatable bonds is 3. The van der Waals surface area contributed by atoms with Gasteiger partial charge in [-0.05, 0) is 11.6 Å². The summed E-state index contributed by atoms with van der Waals surface area (Å²) in [5.74, 6) is -1.45. The van der Waals surface area contributed by atoms with Crippen molar-refractivity contribution in [3.8, 4) is 0 Å². The quantitative estimate of drug-likeness (QED) is 0.791. The van der Waals surface area contributed by atoms with Crippen LogP contribution in [0.1, 0.15) is 11.1 Å². The van der Waals surface area contributed by atoms with E-state index in [1.165, 1.54) is 12.1 Å². The van der Waals surface area contributed by atoms with Gasteiger partial charge in [0.1, 0.15) is 5.82 Å². The van der Waals surface area contributed by atoms with Crippen LogP contribution < -0.4 is 5.73 Å². The molecule has 1 heterocycles. The molecule has 0 bridgehead atoms. The van der Waals surface area contributed by atoms with E-state index in [9.17, 15) is 9.18 Å². The van der Waals surface area contributed by atoms with Gasteiger partial charge < -0.3 is 15.6 Å². The molecule has 1 aliphatic heterocycles. The Kier molecular flexibility index (Phi) is 2.65. The largest absolute Gasteiger partial charge is 0.481 e. The zero-order valence-electron chi connectivity index (χ0n) is 8.57. The first-order valence-electron chi connectivity index (χ1n) is 4.88. The van der Waals surface area contributed by atoms with Crippen molar-refractivity contribution in [1.82, 2.24) is 0 Å². The average Bonchev–Trinajstić information content (AvgIpc) is 2.13. The van der Waals surface area contributed by atoms with Crippen LogP contribution in [0.2, 0.25) is 0 Å². The van der Waals surface area contributed by atoms with E-state index in [0.29, 0.717) is 24.3 Å². The topological polar surface area (TPSA) is 72.6 Å². The molecule has 0 amide bonds. The van der Waals surface area contributed by atoms with Gasteiger partial charge in [-0.1, -0.05) is 12.1 Å². The molecule has 86 valence electrons. The molecule has 4 nitrogen and oxygen atoms in total. The average molecular weight is 225 g/mol. The Bertz CT molecular complexity index is 429. The number of benzene rings is 1. The van der Waals surface area contributed by atoms with Crippen molar-refractivity contribution in [2.75, 3.05) is 13.2 Å². The van der Waals surface area contributed by atoms with Crippen LogP contribution in [-0.2, 0) is 21.5 Å². The summed E-state index contributed by atoms with van der Waals surface area (Å²) in [6.07, 6.45) is -0.189. The summed E-state index contributed by atoms with van der Waals surface area (Å²) in [5, 5.41) is 8.58. The number of hydrogen-bond donors (Lipinski definition) is 2. The monoisotopic (exact) mass is 225 g/mol. The van der Waals surface area contributed by atoms with Crippen molar-refractivity contribution in [3.63, 3.8) is 0 Å². The zero-order valence-corrected chi connectivity index (χ0v) is 8.57. The van der Waals surface area contributed by atoms with Crippen LogP contribution in [0.5, 0.6) is 0 Å². The smallest absolute Gasteiger partial charge is 0.307 e. The number of hydrogen-bond acceptors (Lipinski definition) is 3. The molecule has 1 aliphatic rings. The van der Waals surface area contributed by atoms with E-state index in [2.05, 4.69) is 0 Å². The Morgan fingerprint density at radius 2 is 2.25 bits per heavy atom. The first-order valence-corrected chi connectivity index (χ1v) is 4.88. The van der Waals surface area contributed by atoms with Gasteiger partial charge in [0.05, 0.1) is 25.2 Å². The Balaban J connectivity index is 2.26. The molecule has 0 aliphatic carbocycles. The van der Waals surface area contributed by atoms with Crippen molar-refractivity contribution in [2.24, 2.45) is 5.73 Å². The third-order valence-electron chi connectivity index (χ3n) is 2.64. The number of nitrogens with two attached hydrogens (primary N) is 1. The molecular weight excluding hydrogens is 213 g/mol. The van der Waals surface area contributed by atoms with E-state index in [-0.39, 0.29) is 6.42 Å². The summed E-state index contributed by atoms with van der Waals surface area (Å²) < 4.78 is 18.6. The molecule has 0 saturated carbocycles. The fraction of sp³-hybridized carbons (Fsp3) is 0.364. The molecule has 3 N–H and O–H groups in total. The van der Waals surface area contributed by atoms with Crippen LogP contribution in [0.25, 0.3) is 0 Å². The first kappa shape index (κ1) is 11.0. The fourth-order valence-electron chi connectivity index (χ4n) is 1.72. The molecule has 1 fully saturated rings. The highest BCUT2D eigenvalue weighted by Crippen LogP contribution is 2.29. The van der Waals surface area contributed by atoms with Crippen molar-refractivity contribution >= 4 is 5.97 Å². The van der Waals surface area contributed by atoms with Gasteiger partial charge in [0.25, 0.3) is 0 Å². The number of aliphatic carboxylic acids is 1. The normalized spacial score (nSPS) is 17.9. The van der Waals surface area contributed by atoms with E-state index in [0.717, 1.165) is 0 Å². The van der Waals surface area contributed by atoms with Gasteiger partial charge in [0, 0.05) is 5.56 Å². The molecule has 0 radical (unpaired) electrons. The molecule has 1 aromatic carbocycles. The lowest BCUT2D eigenvalue weighted by Crippen LogP contribution is -2.54. The second kappa shape index (κ2) is 3.84. The van der Waals surface area contributed by atoms with E-state index in [1.807, 2.05) is 0 Å². The number of carbonyl (C=O) groups is 1. The third kappa shape index (κ3) is 1.91. The molecule has 0 spiro atoms. The van der Waals surface area contributed by atoms with Gasteiger partial charge in [0.15, 0.2) is 0 Å². The Morgan fingerprint density at radius 1 is 1.56 bits per heavy atom. The molecule has 5 heteroatoms. The summed E-state index contributed by atoms with van der Waals surface area (Å²) in [7, 11) is 0. The van der Waals surface area contributed by atoms with Crippen LogP contribution in [-0.4, -0.2) is 24.3 Å². The van der Waals surface area contributed by atoms with Gasteiger partial charge in [-0.3, -0.25) is 4.79 Å². The third-order valence-corrected chi connectivity index (χ3v) is 2.64. The van der Waals surface area contributed by atoms with Crippen molar-refractivity contribution in [2.45, 2.75) is 12.0 Å². The minimum absolute atomic E-state index is 0.189. The summed E-state index contributed by atoms with van der Waals surface area (Å²) in [6.45, 7) is 0.588. The van der Waals surface area contributed by atoms with Crippen LogP contribution in [0.3, 0.4) is 0 Å². The highest BCUT2D eigenvalue weighted by atomic mass is 19.1. The first-order chi connectivity index (χ1) is 7.51. The molecule has 0 aromatic heterocycles. The molecular formula is C11H12FNO3. The minimum Gasteiger partial charge on any atom is -0.481 e. The van der Waals surface area contributed by atoms with E-state index < -0.39 is 17.3 Å². The van der Waals surface area contributed by atoms with Crippen LogP contribution in [0.4, 0.5) is 4.39 Å². The summed E-state index contributed by atoms with van der Waals surface area (Å²) >= 11 is 0. The van der Waals surface area contributed by atoms with E-state index in [4.69, 9.17) is 15.6 Å². The predicted octanol–water partition coefficient (Wildman–Crippen LogP) is 0.637. The second-order valence-corrected chi connectivity index (χ2v) is 4.03. The van der Waals surface area contributed by atoms with Crippen LogP contribution in [0.15, 0.2) is 18.2 Å². The van der Waals surface area contributed by atoms with Crippen molar-refractivity contribution < 1.29 is 19.0 Å². The summed E-state index contributed by atoms with van der Waals surface area (Å²) in [6, 6.07) is 4.34. The summed E-state index contributed by atoms with van der Waals surface area (Å²) in [5.41, 5.74) is 5.95. The number of carboxylic acids is 1. The Morgan fingerprint density at radius 3 is 2.69 bits per heavy atom. The highest BCUT2D eigenvalue weighted by Gasteiger charge is 2.38. The molecule has 1 aromatic rings. The van der Waals surface area contributed by atoms with Gasteiger partial charge >= 0.3 is 5.97 Å². The van der Waals surface area contributed by atoms with Gasteiger partial charge in [-0.25, -0.2) is 4.39 Å². The number of halogens is 1. The second-order valence-electron chi connectivity index (χ2n) is 4.03. The van der Waals surface area contributed by atoms with Gasteiger partial charge in [0.2, 0.25) is 0 Å². The van der Waals surface area contributed by atoms with Crippen molar-refractivity contribution in [3.05, 3.63) is 35.1 Å². The van der Waals surface area contributed by atoms with Crippen molar-refractivity contribution in [1.29, 1.82) is 0 Å². The Labute approximate surface area is 91.8 Å². The molecule has 2 rings (SSSR count). The Hall–Kier alpha value is -1.46. The van der Waals surface area contributed by atoms with Crippen LogP contribution >= 0.6 is 0 Å². The molecule has 1 saturated heterocycles. The lowest BCUT2D eigenvalue weighted by Gasteiger charge is -2.38.